The zero-order valence-corrected chi connectivity index (χ0v) is 12.8. The van der Waals surface area contributed by atoms with Crippen LogP contribution in [0.15, 0.2) is 18.2 Å². The molecule has 0 unspecified atom stereocenters. The summed E-state index contributed by atoms with van der Waals surface area (Å²) in [6.07, 6.45) is 5.74. The molecule has 0 aliphatic heterocycles. The van der Waals surface area contributed by atoms with Crippen LogP contribution in [-0.4, -0.2) is 18.7 Å². The molecule has 1 saturated carbocycles. The topological polar surface area (TPSA) is 21.3 Å². The fourth-order valence-corrected chi connectivity index (χ4v) is 2.87. The normalized spacial score (nSPS) is 22.9. The molecule has 0 heterocycles. The number of nitrogens with one attached hydrogen (secondary N) is 1. The fourth-order valence-electron chi connectivity index (χ4n) is 2.65. The van der Waals surface area contributed by atoms with Crippen molar-refractivity contribution in [1.82, 2.24) is 5.32 Å². The van der Waals surface area contributed by atoms with Gasteiger partial charge in [0.05, 0.1) is 12.7 Å². The lowest BCUT2D eigenvalue weighted by molar-refractivity contribution is 0.0102. The van der Waals surface area contributed by atoms with Crippen molar-refractivity contribution in [3.8, 4) is 0 Å². The number of rotatable bonds is 6. The van der Waals surface area contributed by atoms with E-state index in [1.54, 1.807) is 12.1 Å². The minimum absolute atomic E-state index is 0.227. The van der Waals surface area contributed by atoms with Gasteiger partial charge < -0.3 is 10.1 Å². The molecule has 4 heteroatoms. The maximum absolute atomic E-state index is 13.6. The monoisotopic (exact) mass is 299 g/mol. The average molecular weight is 300 g/mol. The molecule has 1 aromatic rings. The predicted octanol–water partition coefficient (Wildman–Crippen LogP) is 4.31. The first-order valence-electron chi connectivity index (χ1n) is 7.48. The van der Waals surface area contributed by atoms with Crippen LogP contribution in [0.1, 0.15) is 44.6 Å². The van der Waals surface area contributed by atoms with Gasteiger partial charge in [0.1, 0.15) is 5.82 Å². The first kappa shape index (κ1) is 15.7. The van der Waals surface area contributed by atoms with Crippen LogP contribution in [0.5, 0.6) is 0 Å². The molecule has 0 bridgehead atoms. The third kappa shape index (κ3) is 4.44. The van der Waals surface area contributed by atoms with Crippen LogP contribution in [0.25, 0.3) is 0 Å². The lowest BCUT2D eigenvalue weighted by Gasteiger charge is -2.29. The lowest BCUT2D eigenvalue weighted by atomic mass is 9.93. The second kappa shape index (κ2) is 7.96. The van der Waals surface area contributed by atoms with E-state index in [1.165, 1.54) is 12.5 Å². The number of benzene rings is 1. The summed E-state index contributed by atoms with van der Waals surface area (Å²) in [5.41, 5.74) is 0.473. The van der Waals surface area contributed by atoms with E-state index in [-0.39, 0.29) is 18.5 Å². The highest BCUT2D eigenvalue weighted by atomic mass is 35.5. The Balaban J connectivity index is 1.76. The Kier molecular flexibility index (Phi) is 6.27. The van der Waals surface area contributed by atoms with Crippen molar-refractivity contribution in [3.63, 3.8) is 0 Å². The van der Waals surface area contributed by atoms with Gasteiger partial charge >= 0.3 is 0 Å². The highest BCUT2D eigenvalue weighted by molar-refractivity contribution is 6.31. The maximum atomic E-state index is 13.6. The molecule has 20 heavy (non-hydrogen) atoms. The van der Waals surface area contributed by atoms with E-state index in [1.807, 2.05) is 0 Å². The van der Waals surface area contributed by atoms with E-state index < -0.39 is 0 Å². The molecule has 1 aliphatic carbocycles. The first-order chi connectivity index (χ1) is 9.70. The van der Waals surface area contributed by atoms with Gasteiger partial charge in [-0.15, -0.1) is 0 Å². The molecular formula is C16H23ClFNO. The van der Waals surface area contributed by atoms with Gasteiger partial charge in [-0.3, -0.25) is 0 Å². The molecule has 2 rings (SSSR count). The minimum Gasteiger partial charge on any atom is -0.373 e. The number of halogens is 2. The minimum atomic E-state index is -0.282. The SMILES string of the molecule is CCCNC1CCC(OCc2c(F)cccc2Cl)CC1. The zero-order chi connectivity index (χ0) is 14.4. The van der Waals surface area contributed by atoms with Crippen molar-refractivity contribution in [3.05, 3.63) is 34.6 Å². The van der Waals surface area contributed by atoms with E-state index in [0.29, 0.717) is 16.6 Å². The highest BCUT2D eigenvalue weighted by Crippen LogP contribution is 2.25. The largest absolute Gasteiger partial charge is 0.373 e. The van der Waals surface area contributed by atoms with Crippen LogP contribution >= 0.6 is 11.6 Å². The summed E-state index contributed by atoms with van der Waals surface area (Å²) in [4.78, 5) is 0. The fraction of sp³-hybridized carbons (Fsp3) is 0.625. The van der Waals surface area contributed by atoms with Gasteiger partial charge in [-0.1, -0.05) is 24.6 Å². The molecule has 0 spiro atoms. The van der Waals surface area contributed by atoms with E-state index in [9.17, 15) is 4.39 Å². The van der Waals surface area contributed by atoms with Crippen LogP contribution in [0.3, 0.4) is 0 Å². The van der Waals surface area contributed by atoms with Gasteiger partial charge in [0.25, 0.3) is 0 Å². The van der Waals surface area contributed by atoms with Crippen molar-refractivity contribution < 1.29 is 9.13 Å². The molecule has 1 N–H and O–H groups in total. The second-order valence-electron chi connectivity index (χ2n) is 5.44. The van der Waals surface area contributed by atoms with Crippen LogP contribution in [0.4, 0.5) is 4.39 Å². The van der Waals surface area contributed by atoms with Gasteiger partial charge in [0.15, 0.2) is 0 Å². The third-order valence-electron chi connectivity index (χ3n) is 3.88. The number of ether oxygens (including phenoxy) is 1. The molecule has 0 atom stereocenters. The predicted molar refractivity (Wildman–Crippen MR) is 80.5 cm³/mol. The molecule has 0 saturated heterocycles. The Labute approximate surface area is 125 Å². The maximum Gasteiger partial charge on any atom is 0.130 e. The Bertz CT molecular complexity index is 399. The Morgan fingerprint density at radius 1 is 1.30 bits per heavy atom. The Morgan fingerprint density at radius 2 is 2.05 bits per heavy atom. The molecule has 0 amide bonds. The van der Waals surface area contributed by atoms with Crippen molar-refractivity contribution in [2.45, 2.75) is 57.8 Å². The van der Waals surface area contributed by atoms with Crippen molar-refractivity contribution >= 4 is 11.6 Å². The van der Waals surface area contributed by atoms with E-state index in [4.69, 9.17) is 16.3 Å². The van der Waals surface area contributed by atoms with Gasteiger partial charge in [-0.05, 0) is 50.8 Å². The second-order valence-corrected chi connectivity index (χ2v) is 5.85. The van der Waals surface area contributed by atoms with Gasteiger partial charge in [-0.2, -0.15) is 0 Å². The molecule has 112 valence electrons. The summed E-state index contributed by atoms with van der Waals surface area (Å²) < 4.78 is 19.5. The average Bonchev–Trinajstić information content (AvgIpc) is 2.46. The standard InChI is InChI=1S/C16H23ClFNO/c1-2-10-19-12-6-8-13(9-7-12)20-11-14-15(17)4-3-5-16(14)18/h3-5,12-13,19H,2,6-11H2,1H3. The van der Waals surface area contributed by atoms with Gasteiger partial charge in [0, 0.05) is 16.6 Å². The number of hydrogen-bond donors (Lipinski definition) is 1. The summed E-state index contributed by atoms with van der Waals surface area (Å²) in [5, 5.41) is 3.99. The van der Waals surface area contributed by atoms with E-state index in [2.05, 4.69) is 12.2 Å². The zero-order valence-electron chi connectivity index (χ0n) is 12.0. The van der Waals surface area contributed by atoms with Crippen molar-refractivity contribution in [1.29, 1.82) is 0 Å². The first-order valence-corrected chi connectivity index (χ1v) is 7.86. The Hall–Kier alpha value is -0.640. The molecule has 0 aromatic heterocycles. The van der Waals surface area contributed by atoms with Crippen molar-refractivity contribution in [2.24, 2.45) is 0 Å². The summed E-state index contributed by atoms with van der Waals surface area (Å²) in [7, 11) is 0. The molecular weight excluding hydrogens is 277 g/mol. The smallest absolute Gasteiger partial charge is 0.130 e. The summed E-state index contributed by atoms with van der Waals surface area (Å²) in [6.45, 7) is 3.53. The summed E-state index contributed by atoms with van der Waals surface area (Å²) in [6, 6.07) is 5.36. The summed E-state index contributed by atoms with van der Waals surface area (Å²) in [5.74, 6) is -0.282. The molecule has 0 radical (unpaired) electrons. The molecule has 2 nitrogen and oxygen atoms in total. The van der Waals surface area contributed by atoms with E-state index >= 15 is 0 Å². The van der Waals surface area contributed by atoms with Crippen LogP contribution in [0.2, 0.25) is 5.02 Å². The van der Waals surface area contributed by atoms with Crippen molar-refractivity contribution in [2.75, 3.05) is 6.54 Å². The molecule has 1 fully saturated rings. The molecule has 1 aliphatic rings. The highest BCUT2D eigenvalue weighted by Gasteiger charge is 2.21. The third-order valence-corrected chi connectivity index (χ3v) is 4.24. The van der Waals surface area contributed by atoms with Crippen LogP contribution < -0.4 is 5.32 Å². The quantitative estimate of drug-likeness (QED) is 0.845. The van der Waals surface area contributed by atoms with E-state index in [0.717, 1.165) is 32.2 Å². The number of hydrogen-bond acceptors (Lipinski definition) is 2. The summed E-state index contributed by atoms with van der Waals surface area (Å²) >= 11 is 6.00. The Morgan fingerprint density at radius 3 is 2.70 bits per heavy atom. The molecule has 1 aromatic carbocycles. The lowest BCUT2D eigenvalue weighted by Crippen LogP contribution is -2.35. The van der Waals surface area contributed by atoms with Gasteiger partial charge in [0.2, 0.25) is 0 Å². The van der Waals surface area contributed by atoms with Crippen LogP contribution in [0, 0.1) is 5.82 Å². The van der Waals surface area contributed by atoms with Gasteiger partial charge in [-0.25, -0.2) is 4.39 Å². The van der Waals surface area contributed by atoms with Crippen LogP contribution in [-0.2, 0) is 11.3 Å².